The summed E-state index contributed by atoms with van der Waals surface area (Å²) in [6.45, 7) is 9.51. The number of likely N-dealkylation sites (tertiary alicyclic amines) is 1. The van der Waals surface area contributed by atoms with Gasteiger partial charge in [-0.25, -0.2) is 4.98 Å². The lowest BCUT2D eigenvalue weighted by Crippen LogP contribution is -2.45. The summed E-state index contributed by atoms with van der Waals surface area (Å²) in [4.78, 5) is 19.7. The quantitative estimate of drug-likeness (QED) is 0.552. The molecule has 0 bridgehead atoms. The van der Waals surface area contributed by atoms with Crippen LogP contribution in [0.1, 0.15) is 38.1 Å². The van der Waals surface area contributed by atoms with Crippen molar-refractivity contribution < 1.29 is 18.7 Å². The molecule has 170 valence electrons. The van der Waals surface area contributed by atoms with Gasteiger partial charge in [-0.3, -0.25) is 9.69 Å². The van der Waals surface area contributed by atoms with E-state index < -0.39 is 6.29 Å². The van der Waals surface area contributed by atoms with Gasteiger partial charge >= 0.3 is 0 Å². The molecule has 1 aromatic carbocycles. The molecule has 31 heavy (non-hydrogen) atoms. The summed E-state index contributed by atoms with van der Waals surface area (Å²) in [5.74, 6) is 1.38. The lowest BCUT2D eigenvalue weighted by atomic mass is 9.97. The zero-order chi connectivity index (χ0) is 22.2. The van der Waals surface area contributed by atoms with Gasteiger partial charge in [0.1, 0.15) is 5.76 Å². The molecule has 0 radical (unpaired) electrons. The second-order valence-corrected chi connectivity index (χ2v) is 8.12. The number of amides is 1. The second-order valence-electron chi connectivity index (χ2n) is 7.69. The van der Waals surface area contributed by atoms with Crippen molar-refractivity contribution >= 4 is 17.5 Å². The molecule has 1 amide bonds. The molecule has 1 aromatic heterocycles. The molecule has 3 rings (SSSR count). The molecule has 8 heteroatoms. The van der Waals surface area contributed by atoms with Gasteiger partial charge in [-0.15, -0.1) is 0 Å². The van der Waals surface area contributed by atoms with Crippen LogP contribution in [0, 0.1) is 12.8 Å². The summed E-state index contributed by atoms with van der Waals surface area (Å²) < 4.78 is 16.9. The Hall–Kier alpha value is -1.93. The van der Waals surface area contributed by atoms with Crippen LogP contribution in [-0.4, -0.2) is 54.9 Å². The number of piperidine rings is 1. The van der Waals surface area contributed by atoms with Crippen molar-refractivity contribution in [1.82, 2.24) is 15.2 Å². The average molecular weight is 450 g/mol. The molecular weight excluding hydrogens is 418 g/mol. The largest absolute Gasteiger partial charge is 0.441 e. The summed E-state index contributed by atoms with van der Waals surface area (Å²) in [5, 5.41) is 3.67. The summed E-state index contributed by atoms with van der Waals surface area (Å²) >= 11 is 5.97. The van der Waals surface area contributed by atoms with Gasteiger partial charge in [-0.05, 0) is 64.4 Å². The first-order valence-corrected chi connectivity index (χ1v) is 11.3. The van der Waals surface area contributed by atoms with E-state index in [0.717, 1.165) is 36.4 Å². The maximum atomic E-state index is 12.7. The van der Waals surface area contributed by atoms with Crippen molar-refractivity contribution in [3.05, 3.63) is 40.7 Å². The molecule has 0 unspecified atom stereocenters. The van der Waals surface area contributed by atoms with E-state index in [0.29, 0.717) is 43.8 Å². The molecule has 0 aliphatic carbocycles. The van der Waals surface area contributed by atoms with Crippen molar-refractivity contribution in [3.8, 4) is 11.5 Å². The van der Waals surface area contributed by atoms with Crippen LogP contribution in [0.3, 0.4) is 0 Å². The third-order valence-electron chi connectivity index (χ3n) is 5.38. The number of ether oxygens (including phenoxy) is 2. The van der Waals surface area contributed by atoms with Gasteiger partial charge in [0.15, 0.2) is 6.29 Å². The van der Waals surface area contributed by atoms with Crippen LogP contribution in [0.2, 0.25) is 5.02 Å². The van der Waals surface area contributed by atoms with Gasteiger partial charge in [0.2, 0.25) is 11.8 Å². The van der Waals surface area contributed by atoms with E-state index in [2.05, 4.69) is 15.2 Å². The second kappa shape index (κ2) is 11.6. The van der Waals surface area contributed by atoms with Crippen LogP contribution in [0.4, 0.5) is 0 Å². The van der Waals surface area contributed by atoms with E-state index >= 15 is 0 Å². The monoisotopic (exact) mass is 449 g/mol. The summed E-state index contributed by atoms with van der Waals surface area (Å²) in [6.07, 6.45) is 1.45. The molecular formula is C23H32ClN3O4. The zero-order valence-corrected chi connectivity index (χ0v) is 19.3. The van der Waals surface area contributed by atoms with Crippen LogP contribution in [0.25, 0.3) is 11.5 Å². The highest BCUT2D eigenvalue weighted by molar-refractivity contribution is 6.30. The van der Waals surface area contributed by atoms with Crippen LogP contribution in [0.15, 0.2) is 28.7 Å². The van der Waals surface area contributed by atoms with Crippen LogP contribution < -0.4 is 5.32 Å². The van der Waals surface area contributed by atoms with Crippen LogP contribution in [0.5, 0.6) is 0 Å². The number of nitrogens with one attached hydrogen (secondary N) is 1. The number of oxazole rings is 1. The topological polar surface area (TPSA) is 76.8 Å². The van der Waals surface area contributed by atoms with Gasteiger partial charge in [0.05, 0.1) is 18.2 Å². The third-order valence-corrected chi connectivity index (χ3v) is 5.63. The minimum Gasteiger partial charge on any atom is -0.441 e. The van der Waals surface area contributed by atoms with Crippen molar-refractivity contribution in [2.45, 2.75) is 46.4 Å². The fourth-order valence-corrected chi connectivity index (χ4v) is 3.91. The normalized spacial score (nSPS) is 17.3. The average Bonchev–Trinajstić information content (AvgIpc) is 3.13. The van der Waals surface area contributed by atoms with Crippen molar-refractivity contribution in [3.63, 3.8) is 0 Å². The van der Waals surface area contributed by atoms with Gasteiger partial charge in [0.25, 0.3) is 0 Å². The molecule has 1 fully saturated rings. The number of rotatable bonds is 10. The Morgan fingerprint density at radius 1 is 1.29 bits per heavy atom. The van der Waals surface area contributed by atoms with E-state index in [9.17, 15) is 4.79 Å². The molecule has 2 aromatic rings. The number of halogens is 1. The molecule has 1 atom stereocenters. The Morgan fingerprint density at radius 2 is 2.00 bits per heavy atom. The highest BCUT2D eigenvalue weighted by Gasteiger charge is 2.27. The number of nitrogens with zero attached hydrogens (tertiary/aromatic N) is 2. The smallest absolute Gasteiger partial charge is 0.226 e. The van der Waals surface area contributed by atoms with Crippen molar-refractivity contribution in [2.75, 3.05) is 32.8 Å². The maximum Gasteiger partial charge on any atom is 0.226 e. The summed E-state index contributed by atoms with van der Waals surface area (Å²) in [7, 11) is 0. The standard InChI is InChI=1S/C23H32ClN3O4/c1-4-29-21(30-5-2)13-25-22(28)18-7-6-12-27(14-18)15-20-16(3)31-23(26-20)17-8-10-19(24)11-9-17/h8-11,18,21H,4-7,12-15H2,1-3H3,(H,25,28)/t18-/m1/s1. The maximum absolute atomic E-state index is 12.7. The first-order chi connectivity index (χ1) is 15.0. The van der Waals surface area contributed by atoms with E-state index in [4.69, 9.17) is 25.5 Å². The van der Waals surface area contributed by atoms with E-state index in [1.54, 1.807) is 0 Å². The minimum absolute atomic E-state index is 0.0489. The number of aryl methyl sites for hydroxylation is 1. The van der Waals surface area contributed by atoms with Crippen molar-refractivity contribution in [1.29, 1.82) is 0 Å². The number of hydrogen-bond acceptors (Lipinski definition) is 6. The number of aromatic nitrogens is 1. The fourth-order valence-electron chi connectivity index (χ4n) is 3.78. The molecule has 1 aliphatic heterocycles. The number of carbonyl (C=O) groups excluding carboxylic acids is 1. The number of carbonyl (C=O) groups is 1. The summed E-state index contributed by atoms with van der Waals surface area (Å²) in [5.41, 5.74) is 1.80. The Kier molecular flexibility index (Phi) is 8.90. The van der Waals surface area contributed by atoms with E-state index in [1.807, 2.05) is 45.0 Å². The Bertz CT molecular complexity index is 834. The molecule has 2 heterocycles. The first kappa shape index (κ1) is 23.7. The summed E-state index contributed by atoms with van der Waals surface area (Å²) in [6, 6.07) is 7.45. The molecule has 1 aliphatic rings. The zero-order valence-electron chi connectivity index (χ0n) is 18.5. The fraction of sp³-hybridized carbons (Fsp3) is 0.565. The SMILES string of the molecule is CCOC(CNC(=O)[C@@H]1CCCN(Cc2nc(-c3ccc(Cl)cc3)oc2C)C1)OCC. The number of hydrogen-bond donors (Lipinski definition) is 1. The van der Waals surface area contributed by atoms with Crippen LogP contribution in [-0.2, 0) is 20.8 Å². The molecule has 7 nitrogen and oxygen atoms in total. The van der Waals surface area contributed by atoms with Crippen molar-refractivity contribution in [2.24, 2.45) is 5.92 Å². The van der Waals surface area contributed by atoms with E-state index in [1.165, 1.54) is 0 Å². The van der Waals surface area contributed by atoms with Gasteiger partial charge < -0.3 is 19.2 Å². The van der Waals surface area contributed by atoms with Gasteiger partial charge in [0, 0.05) is 36.9 Å². The lowest BCUT2D eigenvalue weighted by Gasteiger charge is -2.31. The molecule has 0 saturated carbocycles. The van der Waals surface area contributed by atoms with Crippen LogP contribution >= 0.6 is 11.6 Å². The number of benzene rings is 1. The third kappa shape index (κ3) is 6.77. The molecule has 1 N–H and O–H groups in total. The molecule has 0 spiro atoms. The molecule has 1 saturated heterocycles. The van der Waals surface area contributed by atoms with Gasteiger partial charge in [-0.2, -0.15) is 0 Å². The van der Waals surface area contributed by atoms with E-state index in [-0.39, 0.29) is 11.8 Å². The highest BCUT2D eigenvalue weighted by atomic mass is 35.5. The Balaban J connectivity index is 1.56. The van der Waals surface area contributed by atoms with Gasteiger partial charge in [-0.1, -0.05) is 11.6 Å². The highest BCUT2D eigenvalue weighted by Crippen LogP contribution is 2.25. The first-order valence-electron chi connectivity index (χ1n) is 11.0. The predicted molar refractivity (Wildman–Crippen MR) is 120 cm³/mol. The predicted octanol–water partition coefficient (Wildman–Crippen LogP) is 4.03. The lowest BCUT2D eigenvalue weighted by molar-refractivity contribution is -0.143. The minimum atomic E-state index is -0.400. The Labute approximate surface area is 189 Å². The Morgan fingerprint density at radius 3 is 2.68 bits per heavy atom.